The SMILES string of the molecule is CCCCOc1ccc(C2(C)CC(c3ccn(CC4CCC4)n3)=C(C(=O)NS(=O)(=O)C3CC3)C(=O)N2)c(F)c1. The highest BCUT2D eigenvalue weighted by Crippen LogP contribution is 2.40. The third kappa shape index (κ3) is 5.88. The van der Waals surface area contributed by atoms with Crippen LogP contribution in [0.15, 0.2) is 36.0 Å². The zero-order chi connectivity index (χ0) is 27.8. The lowest BCUT2D eigenvalue weighted by molar-refractivity contribution is -0.124. The molecule has 11 heteroatoms. The Morgan fingerprint density at radius 2 is 2.03 bits per heavy atom. The molecule has 1 unspecified atom stereocenters. The molecule has 2 aromatic rings. The molecule has 2 amide bonds. The number of nitrogens with zero attached hydrogens (tertiary/aromatic N) is 2. The molecule has 5 rings (SSSR count). The molecule has 1 aromatic carbocycles. The molecule has 1 aromatic heterocycles. The maximum atomic E-state index is 15.4. The van der Waals surface area contributed by atoms with Gasteiger partial charge >= 0.3 is 0 Å². The van der Waals surface area contributed by atoms with Crippen LogP contribution in [0.4, 0.5) is 4.39 Å². The molecule has 2 fully saturated rings. The van der Waals surface area contributed by atoms with E-state index in [1.807, 2.05) is 6.92 Å². The fraction of sp³-hybridized carbons (Fsp3) is 0.536. The molecule has 0 bridgehead atoms. The second kappa shape index (κ2) is 10.7. The molecular formula is C28H35FN4O5S. The number of rotatable bonds is 11. The molecule has 3 aliphatic rings. The van der Waals surface area contributed by atoms with Crippen molar-refractivity contribution in [1.82, 2.24) is 19.8 Å². The van der Waals surface area contributed by atoms with Crippen molar-refractivity contribution >= 4 is 27.4 Å². The van der Waals surface area contributed by atoms with Crippen LogP contribution < -0.4 is 14.8 Å². The van der Waals surface area contributed by atoms with Crippen molar-refractivity contribution < 1.29 is 27.1 Å². The van der Waals surface area contributed by atoms with Crippen LogP contribution in [0.1, 0.15) is 76.5 Å². The lowest BCUT2D eigenvalue weighted by Crippen LogP contribution is -2.51. The van der Waals surface area contributed by atoms with E-state index in [1.165, 1.54) is 12.5 Å². The molecule has 1 atom stereocenters. The van der Waals surface area contributed by atoms with Crippen molar-refractivity contribution in [2.24, 2.45) is 5.92 Å². The van der Waals surface area contributed by atoms with E-state index in [-0.39, 0.29) is 23.1 Å². The molecule has 2 N–H and O–H groups in total. The van der Waals surface area contributed by atoms with Crippen molar-refractivity contribution in [3.05, 3.63) is 53.1 Å². The Kier molecular flexibility index (Phi) is 7.54. The minimum absolute atomic E-state index is 0.0400. The number of amides is 2. The minimum Gasteiger partial charge on any atom is -0.493 e. The number of sulfonamides is 1. The minimum atomic E-state index is -3.89. The number of hydrogen-bond donors (Lipinski definition) is 2. The molecule has 1 aliphatic heterocycles. The van der Waals surface area contributed by atoms with Gasteiger partial charge in [-0.05, 0) is 57.1 Å². The van der Waals surface area contributed by atoms with Crippen molar-refractivity contribution in [3.63, 3.8) is 0 Å². The summed E-state index contributed by atoms with van der Waals surface area (Å²) in [5.74, 6) is -1.40. The smallest absolute Gasteiger partial charge is 0.270 e. The van der Waals surface area contributed by atoms with E-state index in [1.54, 1.807) is 36.0 Å². The van der Waals surface area contributed by atoms with Crippen LogP contribution in [0.2, 0.25) is 0 Å². The highest BCUT2D eigenvalue weighted by molar-refractivity contribution is 7.91. The normalized spacial score (nSPS) is 21.9. The maximum Gasteiger partial charge on any atom is 0.270 e. The van der Waals surface area contributed by atoms with Crippen LogP contribution in [0.5, 0.6) is 5.75 Å². The van der Waals surface area contributed by atoms with Crippen LogP contribution >= 0.6 is 0 Å². The molecule has 2 aliphatic carbocycles. The summed E-state index contributed by atoms with van der Waals surface area (Å²) in [6.45, 7) is 4.92. The molecule has 2 heterocycles. The number of unbranched alkanes of at least 4 members (excludes halogenated alkanes) is 1. The lowest BCUT2D eigenvalue weighted by atomic mass is 9.79. The van der Waals surface area contributed by atoms with Crippen LogP contribution in [0.3, 0.4) is 0 Å². The Balaban J connectivity index is 1.49. The molecular weight excluding hydrogens is 523 g/mol. The van der Waals surface area contributed by atoms with E-state index in [2.05, 4.69) is 15.1 Å². The molecule has 39 heavy (non-hydrogen) atoms. The molecule has 0 radical (unpaired) electrons. The second-order valence-corrected chi connectivity index (χ2v) is 13.0. The van der Waals surface area contributed by atoms with Crippen LogP contribution in [-0.2, 0) is 31.7 Å². The third-order valence-corrected chi connectivity index (χ3v) is 9.61. The van der Waals surface area contributed by atoms with E-state index < -0.39 is 38.4 Å². The largest absolute Gasteiger partial charge is 0.493 e. The highest BCUT2D eigenvalue weighted by Gasteiger charge is 2.44. The van der Waals surface area contributed by atoms with Gasteiger partial charge in [-0.2, -0.15) is 5.10 Å². The topological polar surface area (TPSA) is 119 Å². The number of carbonyl (C=O) groups is 2. The highest BCUT2D eigenvalue weighted by atomic mass is 32.2. The van der Waals surface area contributed by atoms with Crippen LogP contribution in [0, 0.1) is 11.7 Å². The summed E-state index contributed by atoms with van der Waals surface area (Å²) >= 11 is 0. The average molecular weight is 559 g/mol. The first-order valence-corrected chi connectivity index (χ1v) is 15.2. The number of benzene rings is 1. The number of halogens is 1. The predicted molar refractivity (Wildman–Crippen MR) is 143 cm³/mol. The molecule has 0 saturated heterocycles. The van der Waals surface area contributed by atoms with Gasteiger partial charge in [-0.15, -0.1) is 0 Å². The van der Waals surface area contributed by atoms with E-state index in [0.29, 0.717) is 36.8 Å². The Morgan fingerprint density at radius 1 is 1.26 bits per heavy atom. The van der Waals surface area contributed by atoms with Crippen LogP contribution in [-0.4, -0.2) is 41.9 Å². The Hall–Kier alpha value is -3.21. The van der Waals surface area contributed by atoms with Gasteiger partial charge in [0.15, 0.2) is 0 Å². The van der Waals surface area contributed by atoms with E-state index in [9.17, 15) is 18.0 Å². The summed E-state index contributed by atoms with van der Waals surface area (Å²) in [6.07, 6.45) is 8.03. The summed E-state index contributed by atoms with van der Waals surface area (Å²) in [6, 6.07) is 6.25. The van der Waals surface area contributed by atoms with Gasteiger partial charge in [-0.3, -0.25) is 14.3 Å². The molecule has 0 spiro atoms. The Bertz CT molecular complexity index is 1410. The number of carbonyl (C=O) groups excluding carboxylic acids is 2. The summed E-state index contributed by atoms with van der Waals surface area (Å²) in [7, 11) is -3.89. The number of hydrogen-bond acceptors (Lipinski definition) is 6. The van der Waals surface area contributed by atoms with Gasteiger partial charge in [0.25, 0.3) is 11.8 Å². The lowest BCUT2D eigenvalue weighted by Gasteiger charge is -2.37. The molecule has 2 saturated carbocycles. The van der Waals surface area contributed by atoms with Crippen molar-refractivity contribution in [2.45, 2.75) is 82.5 Å². The summed E-state index contributed by atoms with van der Waals surface area (Å²) in [4.78, 5) is 26.7. The van der Waals surface area contributed by atoms with Gasteiger partial charge in [-0.25, -0.2) is 17.5 Å². The van der Waals surface area contributed by atoms with Gasteiger partial charge in [0.1, 0.15) is 17.1 Å². The Morgan fingerprint density at radius 3 is 2.67 bits per heavy atom. The summed E-state index contributed by atoms with van der Waals surface area (Å²) < 4.78 is 49.9. The zero-order valence-corrected chi connectivity index (χ0v) is 23.2. The Labute approximate surface area is 228 Å². The summed E-state index contributed by atoms with van der Waals surface area (Å²) in [5, 5.41) is 6.78. The van der Waals surface area contributed by atoms with E-state index in [4.69, 9.17) is 4.74 Å². The van der Waals surface area contributed by atoms with Crippen molar-refractivity contribution in [1.29, 1.82) is 0 Å². The molecule has 210 valence electrons. The number of ether oxygens (including phenoxy) is 1. The van der Waals surface area contributed by atoms with E-state index in [0.717, 1.165) is 32.2 Å². The first kappa shape index (κ1) is 27.4. The first-order valence-electron chi connectivity index (χ1n) is 13.7. The third-order valence-electron chi connectivity index (χ3n) is 7.80. The van der Waals surface area contributed by atoms with Gasteiger partial charge in [0.2, 0.25) is 10.0 Å². The van der Waals surface area contributed by atoms with Gasteiger partial charge in [-0.1, -0.05) is 25.8 Å². The monoisotopic (exact) mass is 558 g/mol. The van der Waals surface area contributed by atoms with Crippen molar-refractivity contribution in [2.75, 3.05) is 6.61 Å². The number of aromatic nitrogens is 2. The summed E-state index contributed by atoms with van der Waals surface area (Å²) in [5.41, 5.74) is -0.625. The van der Waals surface area contributed by atoms with Crippen LogP contribution in [0.25, 0.3) is 5.57 Å². The fourth-order valence-electron chi connectivity index (χ4n) is 5.13. The first-order chi connectivity index (χ1) is 18.6. The quantitative estimate of drug-likeness (QED) is 0.320. The maximum absolute atomic E-state index is 15.4. The predicted octanol–water partition coefficient (Wildman–Crippen LogP) is 3.80. The number of nitrogens with one attached hydrogen (secondary N) is 2. The second-order valence-electron chi connectivity index (χ2n) is 11.1. The fourth-order valence-corrected chi connectivity index (χ4v) is 6.42. The van der Waals surface area contributed by atoms with Gasteiger partial charge in [0, 0.05) is 36.4 Å². The zero-order valence-electron chi connectivity index (χ0n) is 22.3. The van der Waals surface area contributed by atoms with Gasteiger partial charge in [0.05, 0.1) is 23.1 Å². The standard InChI is InChI=1S/C28H35FN4O5S/c1-3-4-14-38-19-8-11-22(23(29)15-19)28(2)16-21(24-12-13-33(31-24)17-18-6-5-7-18)25(26(34)30-28)27(35)32-39(36,37)20-9-10-20/h8,11-13,15,18,20H,3-7,9-10,14,16-17H2,1-2H3,(H,30,34)(H,32,35). The molecule has 9 nitrogen and oxygen atoms in total. The average Bonchev–Trinajstić information content (AvgIpc) is 3.60. The van der Waals surface area contributed by atoms with Crippen molar-refractivity contribution in [3.8, 4) is 5.75 Å². The van der Waals surface area contributed by atoms with Gasteiger partial charge < -0.3 is 10.1 Å². The van der Waals surface area contributed by atoms with E-state index >= 15 is 4.39 Å².